The third-order valence-corrected chi connectivity index (χ3v) is 2.41. The van der Waals surface area contributed by atoms with E-state index >= 15 is 0 Å². The number of hydrogen-bond acceptors (Lipinski definition) is 3. The predicted octanol–water partition coefficient (Wildman–Crippen LogP) is 2.63. The first-order valence-corrected chi connectivity index (χ1v) is 5.26. The quantitative estimate of drug-likeness (QED) is 0.731. The average molecular weight is 265 g/mol. The molecule has 0 saturated carbocycles. The Morgan fingerprint density at radius 3 is 2.42 bits per heavy atom. The number of aromatic hydroxyl groups is 2. The zero-order valence-corrected chi connectivity index (χ0v) is 9.52. The van der Waals surface area contributed by atoms with Crippen LogP contribution in [0.4, 0.5) is 14.5 Å². The van der Waals surface area contributed by atoms with Crippen LogP contribution in [-0.2, 0) is 0 Å². The van der Waals surface area contributed by atoms with Crippen LogP contribution in [0.3, 0.4) is 0 Å². The minimum absolute atomic E-state index is 0.000962. The van der Waals surface area contributed by atoms with Gasteiger partial charge in [-0.25, -0.2) is 8.78 Å². The van der Waals surface area contributed by atoms with Crippen LogP contribution < -0.4 is 5.32 Å². The second kappa shape index (κ2) is 4.93. The molecule has 3 N–H and O–H groups in total. The minimum atomic E-state index is -0.780. The molecule has 0 aliphatic rings. The summed E-state index contributed by atoms with van der Waals surface area (Å²) in [5, 5.41) is 20.5. The van der Waals surface area contributed by atoms with E-state index in [2.05, 4.69) is 5.32 Å². The Hall–Kier alpha value is -2.63. The summed E-state index contributed by atoms with van der Waals surface area (Å²) in [7, 11) is 0. The second-order valence-electron chi connectivity index (χ2n) is 3.78. The molecule has 0 aliphatic carbocycles. The van der Waals surface area contributed by atoms with Gasteiger partial charge in [0.1, 0.15) is 11.6 Å². The van der Waals surface area contributed by atoms with Gasteiger partial charge in [0, 0.05) is 11.6 Å². The lowest BCUT2D eigenvalue weighted by atomic mass is 10.2. The molecular formula is C13H9F2NO3. The van der Waals surface area contributed by atoms with Crippen molar-refractivity contribution in [3.8, 4) is 11.5 Å². The Kier molecular flexibility index (Phi) is 3.33. The van der Waals surface area contributed by atoms with Crippen molar-refractivity contribution < 1.29 is 23.8 Å². The van der Waals surface area contributed by atoms with E-state index in [1.54, 1.807) is 0 Å². The summed E-state index contributed by atoms with van der Waals surface area (Å²) in [5.41, 5.74) is -0.309. The number of phenolic OH excluding ortho intramolecular Hbond substituents is 2. The number of hydrogen-bond donors (Lipinski definition) is 3. The van der Waals surface area contributed by atoms with Crippen LogP contribution >= 0.6 is 0 Å². The lowest BCUT2D eigenvalue weighted by Crippen LogP contribution is -2.13. The van der Waals surface area contributed by atoms with Gasteiger partial charge >= 0.3 is 0 Å². The monoisotopic (exact) mass is 265 g/mol. The fourth-order valence-corrected chi connectivity index (χ4v) is 1.45. The van der Waals surface area contributed by atoms with E-state index in [-0.39, 0.29) is 17.0 Å². The number of benzene rings is 2. The molecule has 1 amide bonds. The Morgan fingerprint density at radius 2 is 1.74 bits per heavy atom. The number of phenols is 2. The molecule has 0 aliphatic heterocycles. The lowest BCUT2D eigenvalue weighted by molar-refractivity contribution is 0.102. The second-order valence-corrected chi connectivity index (χ2v) is 3.78. The normalized spacial score (nSPS) is 10.2. The van der Waals surface area contributed by atoms with Gasteiger partial charge in [0.15, 0.2) is 11.5 Å². The number of amides is 1. The number of carbonyl (C=O) groups excluding carboxylic acids is 1. The largest absolute Gasteiger partial charge is 0.504 e. The topological polar surface area (TPSA) is 69.6 Å². The zero-order valence-electron chi connectivity index (χ0n) is 9.52. The maximum atomic E-state index is 13.3. The van der Waals surface area contributed by atoms with Crippen LogP contribution in [-0.4, -0.2) is 16.1 Å². The molecule has 2 aromatic rings. The molecular weight excluding hydrogens is 256 g/mol. The van der Waals surface area contributed by atoms with E-state index in [0.29, 0.717) is 0 Å². The Morgan fingerprint density at radius 1 is 1.00 bits per heavy atom. The molecule has 0 heterocycles. The van der Waals surface area contributed by atoms with Crippen molar-refractivity contribution in [3.63, 3.8) is 0 Å². The summed E-state index contributed by atoms with van der Waals surface area (Å²) in [6, 6.07) is 6.03. The van der Waals surface area contributed by atoms with Crippen LogP contribution in [0.1, 0.15) is 10.4 Å². The van der Waals surface area contributed by atoms with Crippen molar-refractivity contribution in [3.05, 3.63) is 53.6 Å². The third kappa shape index (κ3) is 2.79. The predicted molar refractivity (Wildman–Crippen MR) is 64.1 cm³/mol. The van der Waals surface area contributed by atoms with Crippen molar-refractivity contribution in [2.45, 2.75) is 0 Å². The molecule has 19 heavy (non-hydrogen) atoms. The number of rotatable bonds is 2. The van der Waals surface area contributed by atoms with Crippen molar-refractivity contribution in [2.24, 2.45) is 0 Å². The molecule has 0 unspecified atom stereocenters. The first kappa shape index (κ1) is 12.8. The molecule has 0 saturated heterocycles. The molecule has 2 aromatic carbocycles. The van der Waals surface area contributed by atoms with Gasteiger partial charge in [0.25, 0.3) is 5.91 Å². The van der Waals surface area contributed by atoms with Gasteiger partial charge in [0.2, 0.25) is 0 Å². The zero-order chi connectivity index (χ0) is 14.0. The van der Waals surface area contributed by atoms with Crippen LogP contribution in [0.25, 0.3) is 0 Å². The number of anilines is 1. The van der Waals surface area contributed by atoms with E-state index in [1.165, 1.54) is 6.07 Å². The summed E-state index contributed by atoms with van der Waals surface area (Å²) in [5.74, 6) is -3.07. The minimum Gasteiger partial charge on any atom is -0.504 e. The van der Waals surface area contributed by atoms with Gasteiger partial charge in [-0.2, -0.15) is 0 Å². The SMILES string of the molecule is O=C(Nc1cc(F)ccc1F)c1ccc(O)c(O)c1. The Balaban J connectivity index is 2.25. The number of halogens is 2. The van der Waals surface area contributed by atoms with Crippen LogP contribution in [0, 0.1) is 11.6 Å². The molecule has 0 fully saturated rings. The van der Waals surface area contributed by atoms with E-state index in [9.17, 15) is 18.7 Å². The molecule has 0 atom stereocenters. The first-order valence-electron chi connectivity index (χ1n) is 5.26. The third-order valence-electron chi connectivity index (χ3n) is 2.41. The van der Waals surface area contributed by atoms with Crippen LogP contribution in [0.15, 0.2) is 36.4 Å². The molecule has 98 valence electrons. The van der Waals surface area contributed by atoms with Crippen LogP contribution in [0.5, 0.6) is 11.5 Å². The average Bonchev–Trinajstić information content (AvgIpc) is 2.37. The molecule has 6 heteroatoms. The summed E-state index contributed by atoms with van der Waals surface area (Å²) in [4.78, 5) is 11.7. The first-order chi connectivity index (χ1) is 8.97. The highest BCUT2D eigenvalue weighted by Crippen LogP contribution is 2.25. The van der Waals surface area contributed by atoms with Gasteiger partial charge in [0.05, 0.1) is 5.69 Å². The van der Waals surface area contributed by atoms with Crippen molar-refractivity contribution in [1.82, 2.24) is 0 Å². The number of carbonyl (C=O) groups is 1. The highest BCUT2D eigenvalue weighted by atomic mass is 19.1. The molecule has 0 bridgehead atoms. The highest BCUT2D eigenvalue weighted by molar-refractivity contribution is 6.04. The van der Waals surface area contributed by atoms with E-state index in [4.69, 9.17) is 5.11 Å². The van der Waals surface area contributed by atoms with Gasteiger partial charge < -0.3 is 15.5 Å². The van der Waals surface area contributed by atoms with Crippen LogP contribution in [0.2, 0.25) is 0 Å². The maximum absolute atomic E-state index is 13.3. The summed E-state index contributed by atoms with van der Waals surface area (Å²) in [6.45, 7) is 0. The molecule has 2 rings (SSSR count). The Bertz CT molecular complexity index is 644. The summed E-state index contributed by atoms with van der Waals surface area (Å²) >= 11 is 0. The molecule has 0 spiro atoms. The summed E-state index contributed by atoms with van der Waals surface area (Å²) in [6.07, 6.45) is 0. The summed E-state index contributed by atoms with van der Waals surface area (Å²) < 4.78 is 26.2. The van der Waals surface area contributed by atoms with Crippen molar-refractivity contribution in [1.29, 1.82) is 0 Å². The highest BCUT2D eigenvalue weighted by Gasteiger charge is 2.12. The van der Waals surface area contributed by atoms with E-state index in [1.807, 2.05) is 0 Å². The lowest BCUT2D eigenvalue weighted by Gasteiger charge is -2.07. The van der Waals surface area contributed by atoms with Gasteiger partial charge in [-0.05, 0) is 30.3 Å². The molecule has 0 aromatic heterocycles. The van der Waals surface area contributed by atoms with E-state index < -0.39 is 23.3 Å². The fourth-order valence-electron chi connectivity index (χ4n) is 1.45. The fraction of sp³-hybridized carbons (Fsp3) is 0. The smallest absolute Gasteiger partial charge is 0.255 e. The van der Waals surface area contributed by atoms with Crippen molar-refractivity contribution >= 4 is 11.6 Å². The Labute approximate surface area is 106 Å². The van der Waals surface area contributed by atoms with Crippen molar-refractivity contribution in [2.75, 3.05) is 5.32 Å². The standard InChI is InChI=1S/C13H9F2NO3/c14-8-2-3-9(15)10(6-8)16-13(19)7-1-4-11(17)12(18)5-7/h1-6,17-18H,(H,16,19). The maximum Gasteiger partial charge on any atom is 0.255 e. The molecule has 0 radical (unpaired) electrons. The number of nitrogens with one attached hydrogen (secondary N) is 1. The van der Waals surface area contributed by atoms with Gasteiger partial charge in [-0.3, -0.25) is 4.79 Å². The van der Waals surface area contributed by atoms with Gasteiger partial charge in [-0.15, -0.1) is 0 Å². The van der Waals surface area contributed by atoms with Gasteiger partial charge in [-0.1, -0.05) is 0 Å². The van der Waals surface area contributed by atoms with E-state index in [0.717, 1.165) is 30.3 Å². The molecule has 4 nitrogen and oxygen atoms in total.